The molecule has 1 nitrogen and oxygen atoms in total. The van der Waals surface area contributed by atoms with Gasteiger partial charge in [-0.15, -0.1) is 0 Å². The zero-order chi connectivity index (χ0) is 18.4. The average molecular weight is 382 g/mol. The van der Waals surface area contributed by atoms with Crippen LogP contribution in [0.15, 0.2) is 55.1 Å². The molecule has 0 radical (unpaired) electrons. The Morgan fingerprint density at radius 2 is 1.27 bits per heavy atom. The summed E-state index contributed by atoms with van der Waals surface area (Å²) in [5, 5.41) is 5.34. The van der Waals surface area contributed by atoms with Crippen molar-refractivity contribution in [1.82, 2.24) is 4.90 Å². The second-order valence-electron chi connectivity index (χ2n) is 6.45. The Labute approximate surface area is 165 Å². The summed E-state index contributed by atoms with van der Waals surface area (Å²) in [6, 6.07) is 17.6. The maximum atomic E-state index is 4.09. The molecule has 0 N–H and O–H groups in total. The van der Waals surface area contributed by atoms with E-state index in [9.17, 15) is 0 Å². The van der Waals surface area contributed by atoms with Gasteiger partial charge >= 0.3 is 0 Å². The quantitative estimate of drug-likeness (QED) is 0.408. The van der Waals surface area contributed by atoms with Crippen molar-refractivity contribution in [2.45, 2.75) is 6.54 Å². The average Bonchev–Trinajstić information content (AvgIpc) is 2.69. The van der Waals surface area contributed by atoms with E-state index in [4.69, 9.17) is 0 Å². The first-order valence-electron chi connectivity index (χ1n) is 9.05. The van der Waals surface area contributed by atoms with Crippen LogP contribution in [0, 0.1) is 0 Å². The van der Waals surface area contributed by atoms with Gasteiger partial charge in [0.15, 0.2) is 0 Å². The predicted molar refractivity (Wildman–Crippen MR) is 124 cm³/mol. The molecule has 0 bridgehead atoms. The third-order valence-corrected chi connectivity index (χ3v) is 6.08. The summed E-state index contributed by atoms with van der Waals surface area (Å²) in [5.41, 5.74) is 2.70. The van der Waals surface area contributed by atoms with Crippen molar-refractivity contribution in [3.8, 4) is 0 Å². The molecule has 0 fully saturated rings. The van der Waals surface area contributed by atoms with Gasteiger partial charge in [0.05, 0.1) is 0 Å². The van der Waals surface area contributed by atoms with E-state index in [1.54, 1.807) is 0 Å². The first-order valence-corrected chi connectivity index (χ1v) is 11.8. The molecule has 0 unspecified atom stereocenters. The molecule has 3 rings (SSSR count). The molecule has 3 aromatic rings. The molecule has 0 saturated heterocycles. The molecule has 0 spiro atoms. The molecule has 136 valence electrons. The monoisotopic (exact) mass is 381 g/mol. The molecule has 0 heterocycles. The summed E-state index contributed by atoms with van der Waals surface area (Å²) in [5.74, 6) is 2.35. The van der Waals surface area contributed by atoms with Crippen LogP contribution >= 0.6 is 23.5 Å². The van der Waals surface area contributed by atoms with Gasteiger partial charge in [-0.25, -0.2) is 0 Å². The van der Waals surface area contributed by atoms with Crippen molar-refractivity contribution in [3.05, 3.63) is 66.2 Å². The molecule has 0 aliphatic carbocycles. The summed E-state index contributed by atoms with van der Waals surface area (Å²) in [6.07, 6.45) is 6.39. The lowest BCUT2D eigenvalue weighted by Crippen LogP contribution is -2.28. The predicted octanol–water partition coefficient (Wildman–Crippen LogP) is 6.16. The Kier molecular flexibility index (Phi) is 7.07. The van der Waals surface area contributed by atoms with E-state index in [2.05, 4.69) is 72.5 Å². The highest BCUT2D eigenvalue weighted by molar-refractivity contribution is 7.98. The Hall–Kier alpha value is -1.42. The van der Waals surface area contributed by atoms with Crippen LogP contribution in [0.5, 0.6) is 0 Å². The molecular formula is C23H27NS2. The summed E-state index contributed by atoms with van der Waals surface area (Å²) in [6.45, 7) is 7.35. The molecule has 0 aliphatic heterocycles. The fraction of sp³-hybridized carbons (Fsp3) is 0.304. The van der Waals surface area contributed by atoms with E-state index in [-0.39, 0.29) is 0 Å². The van der Waals surface area contributed by atoms with Crippen molar-refractivity contribution in [2.24, 2.45) is 0 Å². The zero-order valence-electron chi connectivity index (χ0n) is 15.7. The summed E-state index contributed by atoms with van der Waals surface area (Å²) in [4.78, 5) is 2.61. The molecule has 0 aromatic heterocycles. The highest BCUT2D eigenvalue weighted by atomic mass is 32.2. The van der Waals surface area contributed by atoms with Gasteiger partial charge < -0.3 is 0 Å². The maximum absolute atomic E-state index is 4.09. The largest absolute Gasteiger partial charge is 0.297 e. The lowest BCUT2D eigenvalue weighted by Gasteiger charge is -2.24. The molecule has 0 amide bonds. The topological polar surface area (TPSA) is 3.24 Å². The standard InChI is InChI=1S/C23H27NS2/c1-4-18-19-9-5-7-11-21(19)23(22-12-8-6-10-20(18)22)17-24(13-15-25-2)14-16-26-3/h4-12H,1,13-17H2,2-3H3. The number of benzene rings is 3. The van der Waals surface area contributed by atoms with E-state index in [0.29, 0.717) is 0 Å². The van der Waals surface area contributed by atoms with E-state index < -0.39 is 0 Å². The van der Waals surface area contributed by atoms with Gasteiger partial charge in [0.1, 0.15) is 0 Å². The van der Waals surface area contributed by atoms with Crippen LogP contribution in [0.1, 0.15) is 11.1 Å². The SMILES string of the molecule is C=Cc1c2ccccc2c(CN(CCSC)CCSC)c2ccccc12. The minimum atomic E-state index is 1.000. The molecule has 26 heavy (non-hydrogen) atoms. The van der Waals surface area contributed by atoms with Gasteiger partial charge in [-0.3, -0.25) is 4.90 Å². The molecular weight excluding hydrogens is 354 g/mol. The first-order chi connectivity index (χ1) is 12.8. The smallest absolute Gasteiger partial charge is 0.0246 e. The molecule has 3 aromatic carbocycles. The zero-order valence-corrected chi connectivity index (χ0v) is 17.3. The van der Waals surface area contributed by atoms with Gasteiger partial charge in [-0.05, 0) is 45.2 Å². The first kappa shape index (κ1) is 19.3. The van der Waals surface area contributed by atoms with Crippen LogP contribution in [0.2, 0.25) is 0 Å². The molecule has 0 aliphatic rings. The van der Waals surface area contributed by atoms with E-state index in [1.165, 1.54) is 44.2 Å². The molecule has 0 saturated carbocycles. The number of hydrogen-bond donors (Lipinski definition) is 0. The Bertz CT molecular complexity index is 823. The third kappa shape index (κ3) is 4.11. The van der Waals surface area contributed by atoms with E-state index in [1.807, 2.05) is 29.6 Å². The number of nitrogens with zero attached hydrogens (tertiary/aromatic N) is 1. The van der Waals surface area contributed by atoms with Crippen molar-refractivity contribution in [2.75, 3.05) is 37.1 Å². The second-order valence-corrected chi connectivity index (χ2v) is 8.42. The number of thioether (sulfide) groups is 2. The van der Waals surface area contributed by atoms with Crippen LogP contribution < -0.4 is 0 Å². The van der Waals surface area contributed by atoms with Gasteiger partial charge in [0.25, 0.3) is 0 Å². The Morgan fingerprint density at radius 1 is 0.808 bits per heavy atom. The Morgan fingerprint density at radius 3 is 1.69 bits per heavy atom. The summed E-state index contributed by atoms with van der Waals surface area (Å²) in [7, 11) is 0. The van der Waals surface area contributed by atoms with Gasteiger partial charge in [0.2, 0.25) is 0 Å². The Balaban J connectivity index is 2.14. The second kappa shape index (κ2) is 9.50. The van der Waals surface area contributed by atoms with Gasteiger partial charge in [-0.1, -0.05) is 61.2 Å². The number of rotatable bonds is 9. The van der Waals surface area contributed by atoms with Crippen LogP contribution in [0.3, 0.4) is 0 Å². The van der Waals surface area contributed by atoms with E-state index in [0.717, 1.165) is 19.6 Å². The normalized spacial score (nSPS) is 11.5. The molecule has 0 atom stereocenters. The highest BCUT2D eigenvalue weighted by Crippen LogP contribution is 2.34. The van der Waals surface area contributed by atoms with E-state index >= 15 is 0 Å². The third-order valence-electron chi connectivity index (χ3n) is 4.89. The minimum Gasteiger partial charge on any atom is -0.297 e. The van der Waals surface area contributed by atoms with Crippen molar-refractivity contribution < 1.29 is 0 Å². The van der Waals surface area contributed by atoms with Gasteiger partial charge in [0, 0.05) is 31.1 Å². The highest BCUT2D eigenvalue weighted by Gasteiger charge is 2.14. The number of fused-ring (bicyclic) bond motifs is 2. The van der Waals surface area contributed by atoms with Gasteiger partial charge in [-0.2, -0.15) is 23.5 Å². The molecule has 3 heteroatoms. The van der Waals surface area contributed by atoms with Crippen molar-refractivity contribution in [3.63, 3.8) is 0 Å². The van der Waals surface area contributed by atoms with Crippen molar-refractivity contribution >= 4 is 51.1 Å². The number of hydrogen-bond acceptors (Lipinski definition) is 3. The fourth-order valence-electron chi connectivity index (χ4n) is 3.58. The van der Waals surface area contributed by atoms with Crippen molar-refractivity contribution in [1.29, 1.82) is 0 Å². The van der Waals surface area contributed by atoms with Crippen LogP contribution in [0.25, 0.3) is 27.6 Å². The minimum absolute atomic E-state index is 1.000. The lowest BCUT2D eigenvalue weighted by atomic mass is 9.91. The summed E-state index contributed by atoms with van der Waals surface area (Å²) >= 11 is 3.85. The van der Waals surface area contributed by atoms with Crippen LogP contribution in [-0.2, 0) is 6.54 Å². The maximum Gasteiger partial charge on any atom is 0.0246 e. The lowest BCUT2D eigenvalue weighted by molar-refractivity contribution is 0.303. The fourth-order valence-corrected chi connectivity index (χ4v) is 4.46. The van der Waals surface area contributed by atoms with Crippen LogP contribution in [0.4, 0.5) is 0 Å². The van der Waals surface area contributed by atoms with Crippen LogP contribution in [-0.4, -0.2) is 42.0 Å². The summed E-state index contributed by atoms with van der Waals surface area (Å²) < 4.78 is 0.